The molecule has 0 saturated heterocycles. The second-order valence-electron chi connectivity index (χ2n) is 18.9. The molecular weight excluding hydrogens is 680 g/mol. The Hall–Kier alpha value is -3.26. The Bertz CT molecular complexity index is 1730. The summed E-state index contributed by atoms with van der Waals surface area (Å²) in [4.78, 5) is 39.3. The third-order valence-corrected chi connectivity index (χ3v) is 16.4. The largest absolute Gasteiger partial charge is 0.465 e. The van der Waals surface area contributed by atoms with Gasteiger partial charge in [0.15, 0.2) is 0 Å². The molecule has 2 amide bonds. The topological polar surface area (TPSA) is 105 Å². The summed E-state index contributed by atoms with van der Waals surface area (Å²) < 4.78 is 19.7. The number of ether oxygens (including phenoxy) is 1. The summed E-state index contributed by atoms with van der Waals surface area (Å²) in [5, 5.41) is 17.1. The minimum Gasteiger partial charge on any atom is -0.465 e. The van der Waals surface area contributed by atoms with Crippen LogP contribution in [0.2, 0.25) is 0 Å². The van der Waals surface area contributed by atoms with Crippen LogP contribution in [0.4, 0.5) is 4.39 Å². The summed E-state index contributed by atoms with van der Waals surface area (Å²) in [5.74, 6) is 0.360. The molecule has 0 spiro atoms. The van der Waals surface area contributed by atoms with Crippen molar-refractivity contribution in [3.63, 3.8) is 0 Å². The first-order chi connectivity index (χ1) is 25.5. The number of benzene rings is 2. The highest BCUT2D eigenvalue weighted by Crippen LogP contribution is 2.75. The number of esters is 1. The van der Waals surface area contributed by atoms with Crippen molar-refractivity contribution in [2.75, 3.05) is 13.7 Å². The highest BCUT2D eigenvalue weighted by Gasteiger charge is 2.69. The molecule has 54 heavy (non-hydrogen) atoms. The molecule has 2 aromatic carbocycles. The molecule has 9 atom stereocenters. The number of amides is 2. The zero-order valence-corrected chi connectivity index (χ0v) is 34.1. The van der Waals surface area contributed by atoms with E-state index in [0.717, 1.165) is 56.9 Å². The molecule has 0 aliphatic heterocycles. The molecule has 4 saturated carbocycles. The van der Waals surface area contributed by atoms with E-state index in [1.54, 1.807) is 24.3 Å². The van der Waals surface area contributed by atoms with E-state index in [-0.39, 0.29) is 51.7 Å². The summed E-state index contributed by atoms with van der Waals surface area (Å²) in [7, 11) is 1.34. The quantitative estimate of drug-likeness (QED) is 0.211. The van der Waals surface area contributed by atoms with Gasteiger partial charge in [-0.15, -0.1) is 0 Å². The number of nitrogens with one attached hydrogen (secondary N) is 2. The van der Waals surface area contributed by atoms with Gasteiger partial charge in [-0.3, -0.25) is 9.59 Å². The van der Waals surface area contributed by atoms with Crippen LogP contribution in [-0.2, 0) is 22.5 Å². The highest BCUT2D eigenvalue weighted by atomic mass is 19.1. The van der Waals surface area contributed by atoms with Crippen LogP contribution >= 0.6 is 0 Å². The predicted octanol–water partition coefficient (Wildman–Crippen LogP) is 9.05. The Labute approximate surface area is 323 Å². The first kappa shape index (κ1) is 40.4. The molecule has 7 nitrogen and oxygen atoms in total. The van der Waals surface area contributed by atoms with Crippen molar-refractivity contribution >= 4 is 17.8 Å². The molecule has 8 heteroatoms. The van der Waals surface area contributed by atoms with E-state index in [4.69, 9.17) is 4.74 Å². The molecule has 0 bridgehead atoms. The number of methoxy groups -OCH3 is 1. The second-order valence-corrected chi connectivity index (χ2v) is 18.9. The van der Waals surface area contributed by atoms with Gasteiger partial charge in [0, 0.05) is 13.1 Å². The molecular formula is C46H65FN2O5. The number of carbonyl (C=O) groups excluding carboxylic acids is 3. The molecule has 3 N–H and O–H groups in total. The van der Waals surface area contributed by atoms with E-state index in [1.807, 2.05) is 12.1 Å². The van der Waals surface area contributed by atoms with Crippen LogP contribution in [0.3, 0.4) is 0 Å². The fourth-order valence-electron chi connectivity index (χ4n) is 13.1. The minimum absolute atomic E-state index is 0.0443. The molecule has 4 aliphatic carbocycles. The molecule has 6 rings (SSSR count). The van der Waals surface area contributed by atoms with Crippen molar-refractivity contribution in [2.24, 2.45) is 50.7 Å². The third-order valence-electron chi connectivity index (χ3n) is 16.4. The molecule has 0 radical (unpaired) electrons. The average molecular weight is 745 g/mol. The number of hydrogen-bond acceptors (Lipinski definition) is 5. The monoisotopic (exact) mass is 744 g/mol. The van der Waals surface area contributed by atoms with Gasteiger partial charge in [-0.05, 0) is 145 Å². The lowest BCUT2D eigenvalue weighted by Gasteiger charge is -2.72. The second kappa shape index (κ2) is 15.0. The van der Waals surface area contributed by atoms with Gasteiger partial charge < -0.3 is 20.5 Å². The Morgan fingerprint density at radius 3 is 2.24 bits per heavy atom. The molecule has 296 valence electrons. The van der Waals surface area contributed by atoms with Crippen LogP contribution in [0.15, 0.2) is 42.5 Å². The maximum Gasteiger partial charge on any atom is 0.337 e. The Morgan fingerprint density at radius 2 is 1.56 bits per heavy atom. The van der Waals surface area contributed by atoms with Crippen LogP contribution < -0.4 is 10.6 Å². The van der Waals surface area contributed by atoms with Gasteiger partial charge in [0.25, 0.3) is 5.91 Å². The van der Waals surface area contributed by atoms with E-state index in [2.05, 4.69) is 59.1 Å². The number of aliphatic hydroxyl groups is 1. The van der Waals surface area contributed by atoms with Crippen LogP contribution in [0, 0.1) is 56.6 Å². The van der Waals surface area contributed by atoms with Gasteiger partial charge >= 0.3 is 5.97 Å². The van der Waals surface area contributed by atoms with Gasteiger partial charge in [-0.1, -0.05) is 73.1 Å². The summed E-state index contributed by atoms with van der Waals surface area (Å²) in [6, 6.07) is 11.5. The van der Waals surface area contributed by atoms with Crippen molar-refractivity contribution < 1.29 is 28.6 Å². The van der Waals surface area contributed by atoms with E-state index in [9.17, 15) is 23.9 Å². The van der Waals surface area contributed by atoms with Crippen LogP contribution in [-0.4, -0.2) is 42.6 Å². The highest BCUT2D eigenvalue weighted by molar-refractivity contribution is 5.94. The van der Waals surface area contributed by atoms with E-state index in [1.165, 1.54) is 26.0 Å². The van der Waals surface area contributed by atoms with Crippen molar-refractivity contribution in [1.82, 2.24) is 10.6 Å². The van der Waals surface area contributed by atoms with E-state index >= 15 is 0 Å². The number of halogens is 1. The fourth-order valence-corrected chi connectivity index (χ4v) is 13.1. The lowest BCUT2D eigenvalue weighted by atomic mass is 9.32. The molecule has 0 aromatic heterocycles. The first-order valence-electron chi connectivity index (χ1n) is 20.7. The van der Waals surface area contributed by atoms with Crippen LogP contribution in [0.1, 0.15) is 145 Å². The zero-order valence-electron chi connectivity index (χ0n) is 34.1. The van der Waals surface area contributed by atoms with Gasteiger partial charge in [-0.2, -0.15) is 0 Å². The van der Waals surface area contributed by atoms with Crippen LogP contribution in [0.25, 0.3) is 0 Å². The van der Waals surface area contributed by atoms with Gasteiger partial charge in [0.05, 0.1) is 29.8 Å². The normalized spacial score (nSPS) is 35.5. The smallest absolute Gasteiger partial charge is 0.337 e. The van der Waals surface area contributed by atoms with E-state index in [0.29, 0.717) is 41.8 Å². The van der Waals surface area contributed by atoms with Gasteiger partial charge in [0.1, 0.15) is 5.82 Å². The summed E-state index contributed by atoms with van der Waals surface area (Å²) in [6.45, 7) is 17.4. The number of fused-ring (bicyclic) bond motifs is 5. The maximum atomic E-state index is 14.9. The van der Waals surface area contributed by atoms with Crippen molar-refractivity contribution in [2.45, 2.75) is 132 Å². The lowest BCUT2D eigenvalue weighted by molar-refractivity contribution is -0.246. The SMILES string of the molecule is CCCC1(C(=O)NCc2ccc(F)c(C(=O)NCCc3ccc(C(=O)OC)cc3)c2)CC[C@]2(C)C(CCC3C4(C)CCC(O)C(C)(C)C4CCC32C)C1C. The zero-order chi connectivity index (χ0) is 39.3. The van der Waals surface area contributed by atoms with Crippen molar-refractivity contribution in [3.8, 4) is 0 Å². The van der Waals surface area contributed by atoms with Crippen molar-refractivity contribution in [1.29, 1.82) is 0 Å². The van der Waals surface area contributed by atoms with Gasteiger partial charge in [0.2, 0.25) is 5.91 Å². The Morgan fingerprint density at radius 1 is 0.852 bits per heavy atom. The lowest BCUT2D eigenvalue weighted by Crippen LogP contribution is -2.67. The predicted molar refractivity (Wildman–Crippen MR) is 210 cm³/mol. The number of carbonyl (C=O) groups is 3. The van der Waals surface area contributed by atoms with Crippen LogP contribution in [0.5, 0.6) is 0 Å². The number of rotatable bonds is 10. The third kappa shape index (κ3) is 6.60. The molecule has 8 unspecified atom stereocenters. The number of hydrogen-bond donors (Lipinski definition) is 3. The summed E-state index contributed by atoms with van der Waals surface area (Å²) in [5.41, 5.74) is 2.00. The van der Waals surface area contributed by atoms with E-state index < -0.39 is 23.1 Å². The fraction of sp³-hybridized carbons (Fsp3) is 0.674. The standard InChI is InChI=1S/C46H65FN2O5/c1-9-21-46(25-24-44(6)34(29(46)2)15-17-37-43(5)22-19-38(50)42(3,4)36(43)18-23-45(37,44)7)41(53)49-28-31-12-16-35(47)33(27-31)39(51)48-26-20-30-10-13-32(14-11-30)40(52)54-8/h10-14,16,27,29,34,36-38,50H,9,15,17-26,28H2,1-8H3,(H,48,51)(H,49,53)/t29?,34?,36?,37?,38?,43?,44-,45?,46?/m1/s1. The van der Waals surface area contributed by atoms with Crippen molar-refractivity contribution in [3.05, 3.63) is 70.5 Å². The van der Waals surface area contributed by atoms with Gasteiger partial charge in [-0.25, -0.2) is 9.18 Å². The molecule has 4 aliphatic rings. The Kier molecular flexibility index (Phi) is 11.2. The average Bonchev–Trinajstić information content (AvgIpc) is 3.14. The molecule has 0 heterocycles. The minimum atomic E-state index is -0.604. The number of aliphatic hydroxyl groups excluding tert-OH is 1. The summed E-state index contributed by atoms with van der Waals surface area (Å²) >= 11 is 0. The maximum absolute atomic E-state index is 14.9. The molecule has 4 fully saturated rings. The first-order valence-corrected chi connectivity index (χ1v) is 20.7. The summed E-state index contributed by atoms with van der Waals surface area (Å²) in [6.07, 6.45) is 10.6. The Balaban J connectivity index is 1.12. The molecule has 2 aromatic rings.